The van der Waals surface area contributed by atoms with Crippen LogP contribution in [0.4, 0.5) is 0 Å². The summed E-state index contributed by atoms with van der Waals surface area (Å²) >= 11 is 0. The molecule has 2 heterocycles. The lowest BCUT2D eigenvalue weighted by molar-refractivity contribution is 0.0844. The van der Waals surface area contributed by atoms with Gasteiger partial charge in [0, 0.05) is 18.0 Å². The number of nitrogens with one attached hydrogen (secondary N) is 3. The van der Waals surface area contributed by atoms with Gasteiger partial charge in [0.15, 0.2) is 0 Å². The Morgan fingerprint density at radius 1 is 0.857 bits per heavy atom. The summed E-state index contributed by atoms with van der Waals surface area (Å²) in [4.78, 5) is 24.8. The maximum atomic E-state index is 12.8. The summed E-state index contributed by atoms with van der Waals surface area (Å²) in [7, 11) is 0. The van der Waals surface area contributed by atoms with Crippen molar-refractivity contribution in [3.8, 4) is 16.9 Å². The smallest absolute Gasteiger partial charge is 0.273 e. The van der Waals surface area contributed by atoms with Crippen LogP contribution in [-0.2, 0) is 0 Å². The number of para-hydroxylation sites is 1. The molecule has 0 saturated carbocycles. The summed E-state index contributed by atoms with van der Waals surface area (Å²) in [6, 6.07) is 20.4. The Labute approximate surface area is 160 Å². The molecule has 3 N–H and O–H groups in total. The van der Waals surface area contributed by atoms with E-state index in [0.717, 1.165) is 11.3 Å². The zero-order chi connectivity index (χ0) is 19.3. The van der Waals surface area contributed by atoms with E-state index in [1.54, 1.807) is 10.9 Å². The van der Waals surface area contributed by atoms with Crippen LogP contribution < -0.4 is 10.9 Å². The van der Waals surface area contributed by atoms with Crippen molar-refractivity contribution in [3.63, 3.8) is 0 Å². The summed E-state index contributed by atoms with van der Waals surface area (Å²) < 4.78 is 1.63. The summed E-state index contributed by atoms with van der Waals surface area (Å²) in [6.45, 7) is 0. The number of hydrazine groups is 1. The van der Waals surface area contributed by atoms with Gasteiger partial charge < -0.3 is 0 Å². The fraction of sp³-hybridized carbons (Fsp3) is 0. The molecule has 0 unspecified atom stereocenters. The molecule has 0 atom stereocenters. The van der Waals surface area contributed by atoms with Gasteiger partial charge in [0.2, 0.25) is 0 Å². The number of rotatable bonds is 4. The molecule has 0 aliphatic heterocycles. The number of hydrogen-bond acceptors (Lipinski definition) is 4. The van der Waals surface area contributed by atoms with Crippen LogP contribution in [-0.4, -0.2) is 31.8 Å². The third-order valence-corrected chi connectivity index (χ3v) is 4.06. The standard InChI is InChI=1S/C20H16N6O2/c27-19(23-24-20(28)17-11-12-21-22-17)16-13-26(15-9-5-2-6-10-15)25-18(16)14-7-3-1-4-8-14/h1-13H,(H,21,22)(H,23,27)(H,24,28). The van der Waals surface area contributed by atoms with Crippen molar-refractivity contribution in [2.24, 2.45) is 0 Å². The third kappa shape index (κ3) is 3.51. The Kier molecular flexibility index (Phi) is 4.67. The molecular weight excluding hydrogens is 356 g/mol. The highest BCUT2D eigenvalue weighted by Gasteiger charge is 2.19. The number of carbonyl (C=O) groups is 2. The molecule has 0 bridgehead atoms. The molecule has 0 radical (unpaired) electrons. The Bertz CT molecular complexity index is 1090. The molecule has 4 rings (SSSR count). The quantitative estimate of drug-likeness (QED) is 0.478. The molecule has 0 fully saturated rings. The van der Waals surface area contributed by atoms with Crippen molar-refractivity contribution in [2.75, 3.05) is 0 Å². The second kappa shape index (κ2) is 7.58. The van der Waals surface area contributed by atoms with Gasteiger partial charge in [0.25, 0.3) is 11.8 Å². The summed E-state index contributed by atoms with van der Waals surface area (Å²) in [5.74, 6) is -0.975. The predicted octanol–water partition coefficient (Wildman–Crippen LogP) is 2.34. The first kappa shape index (κ1) is 17.2. The monoisotopic (exact) mass is 372 g/mol. The van der Waals surface area contributed by atoms with Crippen molar-refractivity contribution in [2.45, 2.75) is 0 Å². The zero-order valence-corrected chi connectivity index (χ0v) is 14.7. The fourth-order valence-electron chi connectivity index (χ4n) is 2.69. The topological polar surface area (TPSA) is 105 Å². The van der Waals surface area contributed by atoms with Crippen LogP contribution in [0.15, 0.2) is 79.1 Å². The number of amides is 2. The molecule has 2 aromatic carbocycles. The highest BCUT2D eigenvalue weighted by atomic mass is 16.2. The minimum atomic E-state index is -0.498. The van der Waals surface area contributed by atoms with Crippen LogP contribution in [0.5, 0.6) is 0 Å². The number of nitrogens with zero attached hydrogens (tertiary/aromatic N) is 3. The number of aromatic amines is 1. The molecular formula is C20H16N6O2. The SMILES string of the molecule is O=C(NNC(=O)c1cn(-c2ccccc2)nc1-c1ccccc1)c1ccn[nH]1. The molecule has 2 aromatic heterocycles. The first-order valence-electron chi connectivity index (χ1n) is 8.53. The molecule has 138 valence electrons. The van der Waals surface area contributed by atoms with Gasteiger partial charge >= 0.3 is 0 Å². The normalized spacial score (nSPS) is 10.4. The Balaban J connectivity index is 1.63. The van der Waals surface area contributed by atoms with Crippen LogP contribution in [0, 0.1) is 0 Å². The number of aromatic nitrogens is 4. The molecule has 0 spiro atoms. The highest BCUT2D eigenvalue weighted by Crippen LogP contribution is 2.23. The first-order chi connectivity index (χ1) is 13.7. The summed E-state index contributed by atoms with van der Waals surface area (Å²) in [5, 5.41) is 10.8. The average molecular weight is 372 g/mol. The lowest BCUT2D eigenvalue weighted by atomic mass is 10.1. The maximum absolute atomic E-state index is 12.8. The van der Waals surface area contributed by atoms with E-state index in [9.17, 15) is 9.59 Å². The predicted molar refractivity (Wildman–Crippen MR) is 103 cm³/mol. The van der Waals surface area contributed by atoms with Crippen molar-refractivity contribution < 1.29 is 9.59 Å². The van der Waals surface area contributed by atoms with Gasteiger partial charge in [-0.25, -0.2) is 4.68 Å². The lowest BCUT2D eigenvalue weighted by Crippen LogP contribution is -2.41. The largest absolute Gasteiger partial charge is 0.287 e. The molecule has 2 amide bonds. The van der Waals surface area contributed by atoms with Gasteiger partial charge in [0.05, 0.1) is 11.3 Å². The molecule has 28 heavy (non-hydrogen) atoms. The maximum Gasteiger partial charge on any atom is 0.287 e. The van der Waals surface area contributed by atoms with Crippen LogP contribution in [0.1, 0.15) is 20.8 Å². The number of carbonyl (C=O) groups excluding carboxylic acids is 2. The Morgan fingerprint density at radius 3 is 2.21 bits per heavy atom. The van der Waals surface area contributed by atoms with Crippen molar-refractivity contribution in [1.29, 1.82) is 0 Å². The number of benzene rings is 2. The van der Waals surface area contributed by atoms with Gasteiger partial charge in [-0.3, -0.25) is 25.5 Å². The van der Waals surface area contributed by atoms with E-state index in [2.05, 4.69) is 26.1 Å². The average Bonchev–Trinajstić information content (AvgIpc) is 3.43. The minimum absolute atomic E-state index is 0.239. The Morgan fingerprint density at radius 2 is 1.54 bits per heavy atom. The number of hydrogen-bond donors (Lipinski definition) is 3. The molecule has 4 aromatic rings. The van der Waals surface area contributed by atoms with Gasteiger partial charge in [0.1, 0.15) is 11.4 Å². The molecule has 8 nitrogen and oxygen atoms in total. The van der Waals surface area contributed by atoms with Crippen molar-refractivity contribution in [3.05, 3.63) is 90.4 Å². The van der Waals surface area contributed by atoms with Crippen LogP contribution in [0.2, 0.25) is 0 Å². The first-order valence-corrected chi connectivity index (χ1v) is 8.53. The summed E-state index contributed by atoms with van der Waals surface area (Å²) in [6.07, 6.45) is 3.09. The van der Waals surface area contributed by atoms with E-state index in [4.69, 9.17) is 0 Å². The Hall–Kier alpha value is -4.20. The molecule has 0 aliphatic rings. The van der Waals surface area contributed by atoms with Crippen LogP contribution >= 0.6 is 0 Å². The highest BCUT2D eigenvalue weighted by molar-refractivity contribution is 6.01. The zero-order valence-electron chi connectivity index (χ0n) is 14.7. The van der Waals surface area contributed by atoms with E-state index in [1.807, 2.05) is 60.7 Å². The van der Waals surface area contributed by atoms with E-state index < -0.39 is 11.8 Å². The second-order valence-corrected chi connectivity index (χ2v) is 5.92. The van der Waals surface area contributed by atoms with Gasteiger partial charge in [-0.15, -0.1) is 0 Å². The van der Waals surface area contributed by atoms with Gasteiger partial charge in [-0.05, 0) is 18.2 Å². The fourth-order valence-corrected chi connectivity index (χ4v) is 2.69. The second-order valence-electron chi connectivity index (χ2n) is 5.92. The van der Waals surface area contributed by atoms with Gasteiger partial charge in [-0.2, -0.15) is 10.2 Å². The van der Waals surface area contributed by atoms with E-state index in [-0.39, 0.29) is 5.69 Å². The molecule has 0 aliphatic carbocycles. The van der Waals surface area contributed by atoms with E-state index in [0.29, 0.717) is 11.3 Å². The van der Waals surface area contributed by atoms with Crippen LogP contribution in [0.3, 0.4) is 0 Å². The molecule has 8 heteroatoms. The minimum Gasteiger partial charge on any atom is -0.273 e. The van der Waals surface area contributed by atoms with Crippen molar-refractivity contribution in [1.82, 2.24) is 30.8 Å². The van der Waals surface area contributed by atoms with Crippen LogP contribution in [0.25, 0.3) is 16.9 Å². The van der Waals surface area contributed by atoms with Crippen molar-refractivity contribution >= 4 is 11.8 Å². The van der Waals surface area contributed by atoms with Gasteiger partial charge in [-0.1, -0.05) is 48.5 Å². The van der Waals surface area contributed by atoms with E-state index >= 15 is 0 Å². The third-order valence-electron chi connectivity index (χ3n) is 4.06. The summed E-state index contributed by atoms with van der Waals surface area (Å²) in [5.41, 5.74) is 7.48. The van der Waals surface area contributed by atoms with E-state index in [1.165, 1.54) is 12.3 Å². The lowest BCUT2D eigenvalue weighted by Gasteiger charge is -2.06. The number of H-pyrrole nitrogens is 1. The molecule has 0 saturated heterocycles.